The van der Waals surface area contributed by atoms with Crippen molar-refractivity contribution in [3.05, 3.63) is 88.3 Å². The summed E-state index contributed by atoms with van der Waals surface area (Å²) in [6, 6.07) is 15.8. The van der Waals surface area contributed by atoms with Gasteiger partial charge >= 0.3 is 5.97 Å². The Morgan fingerprint density at radius 3 is 2.71 bits per heavy atom. The van der Waals surface area contributed by atoms with E-state index in [1.165, 1.54) is 24.6 Å². The van der Waals surface area contributed by atoms with Gasteiger partial charge in [-0.2, -0.15) is 5.10 Å². The van der Waals surface area contributed by atoms with Gasteiger partial charge < -0.3 is 13.9 Å². The van der Waals surface area contributed by atoms with Crippen molar-refractivity contribution in [2.45, 2.75) is 6.92 Å². The van der Waals surface area contributed by atoms with Gasteiger partial charge in [-0.3, -0.25) is 4.79 Å². The van der Waals surface area contributed by atoms with Crippen molar-refractivity contribution in [2.75, 3.05) is 6.61 Å². The summed E-state index contributed by atoms with van der Waals surface area (Å²) >= 11 is 3.36. The number of esters is 1. The van der Waals surface area contributed by atoms with Crippen LogP contribution < -0.4 is 14.9 Å². The average Bonchev–Trinajstić information content (AvgIpc) is 3.27. The minimum atomic E-state index is -0.580. The second kappa shape index (κ2) is 10.9. The number of amides is 1. The van der Waals surface area contributed by atoms with Crippen LogP contribution in [0.4, 0.5) is 0 Å². The molecule has 0 saturated heterocycles. The van der Waals surface area contributed by atoms with E-state index in [9.17, 15) is 9.59 Å². The summed E-state index contributed by atoms with van der Waals surface area (Å²) in [6.45, 7) is 1.78. The van der Waals surface area contributed by atoms with Crippen molar-refractivity contribution in [2.24, 2.45) is 5.10 Å². The summed E-state index contributed by atoms with van der Waals surface area (Å²) in [4.78, 5) is 24.0. The van der Waals surface area contributed by atoms with Crippen molar-refractivity contribution >= 4 is 40.1 Å². The van der Waals surface area contributed by atoms with E-state index >= 15 is 0 Å². The lowest BCUT2D eigenvalue weighted by Crippen LogP contribution is -2.24. The lowest BCUT2D eigenvalue weighted by Gasteiger charge is -2.07. The second-order valence-electron chi connectivity index (χ2n) is 6.35. The molecule has 0 unspecified atom stereocenters. The van der Waals surface area contributed by atoms with Gasteiger partial charge in [0.2, 0.25) is 0 Å². The van der Waals surface area contributed by atoms with Gasteiger partial charge in [0.05, 0.1) is 12.5 Å². The largest absolute Gasteiger partial charge is 0.484 e. The van der Waals surface area contributed by atoms with Crippen LogP contribution in [0.2, 0.25) is 0 Å². The van der Waals surface area contributed by atoms with Crippen LogP contribution >= 0.6 is 15.9 Å². The number of carbonyl (C=O) groups excluding carboxylic acids is 2. The van der Waals surface area contributed by atoms with Crippen LogP contribution in [0.25, 0.3) is 6.08 Å². The first kappa shape index (κ1) is 22.0. The number of nitrogens with one attached hydrogen (secondary N) is 1. The molecule has 0 saturated carbocycles. The molecule has 2 aromatic carbocycles. The number of aryl methyl sites for hydroxylation is 1. The molecule has 0 fully saturated rings. The Kier molecular flexibility index (Phi) is 7.78. The van der Waals surface area contributed by atoms with E-state index in [1.54, 1.807) is 42.5 Å². The third-order valence-corrected chi connectivity index (χ3v) is 4.39. The summed E-state index contributed by atoms with van der Waals surface area (Å²) in [5, 5.41) is 3.91. The third kappa shape index (κ3) is 7.27. The van der Waals surface area contributed by atoms with Crippen molar-refractivity contribution in [3.8, 4) is 11.5 Å². The fourth-order valence-corrected chi connectivity index (χ4v) is 2.76. The molecule has 1 amide bonds. The number of halogens is 1. The van der Waals surface area contributed by atoms with E-state index in [0.717, 1.165) is 10.0 Å². The Labute approximate surface area is 187 Å². The third-order valence-electron chi connectivity index (χ3n) is 3.89. The number of carbonyl (C=O) groups is 2. The fraction of sp³-hybridized carbons (Fsp3) is 0.0870. The van der Waals surface area contributed by atoms with Crippen molar-refractivity contribution < 1.29 is 23.5 Å². The minimum absolute atomic E-state index is 0.182. The van der Waals surface area contributed by atoms with Gasteiger partial charge in [0.15, 0.2) is 6.61 Å². The Balaban J connectivity index is 1.56. The lowest BCUT2D eigenvalue weighted by molar-refractivity contribution is -0.129. The van der Waals surface area contributed by atoms with Gasteiger partial charge in [-0.25, -0.2) is 10.2 Å². The zero-order valence-electron chi connectivity index (χ0n) is 16.6. The van der Waals surface area contributed by atoms with Gasteiger partial charge in [-0.15, -0.1) is 0 Å². The Morgan fingerprint density at radius 2 is 1.97 bits per heavy atom. The van der Waals surface area contributed by atoms with Crippen LogP contribution in [0.5, 0.6) is 11.5 Å². The molecule has 1 aromatic heterocycles. The summed E-state index contributed by atoms with van der Waals surface area (Å²) in [7, 11) is 0. The number of hydrazone groups is 1. The lowest BCUT2D eigenvalue weighted by atomic mass is 10.2. The molecule has 1 heterocycles. The highest BCUT2D eigenvalue weighted by molar-refractivity contribution is 9.10. The molecule has 8 heteroatoms. The Morgan fingerprint density at radius 1 is 1.16 bits per heavy atom. The second-order valence-corrected chi connectivity index (χ2v) is 7.26. The molecule has 0 radical (unpaired) electrons. The summed E-state index contributed by atoms with van der Waals surface area (Å²) in [5.74, 6) is 0.403. The van der Waals surface area contributed by atoms with E-state index in [-0.39, 0.29) is 12.4 Å². The molecule has 0 spiro atoms. The van der Waals surface area contributed by atoms with Crippen LogP contribution in [0.1, 0.15) is 16.9 Å². The first-order valence-electron chi connectivity index (χ1n) is 9.24. The average molecular weight is 483 g/mol. The van der Waals surface area contributed by atoms with Crippen molar-refractivity contribution in [1.29, 1.82) is 0 Å². The number of nitrogens with zero attached hydrogens (tertiary/aromatic N) is 1. The SMILES string of the molecule is Cc1ccc(OCC(=O)N/N=C\c2cc(Br)ccc2OC(=O)/C=C/c2ccco2)cc1. The first-order valence-corrected chi connectivity index (χ1v) is 10.0. The molecule has 0 aliphatic rings. The maximum absolute atomic E-state index is 12.1. The van der Waals surface area contributed by atoms with Crippen LogP contribution in [0.15, 0.2) is 80.9 Å². The smallest absolute Gasteiger partial charge is 0.336 e. The van der Waals surface area contributed by atoms with Crippen molar-refractivity contribution in [3.63, 3.8) is 0 Å². The Bertz CT molecular complexity index is 1090. The number of benzene rings is 2. The highest BCUT2D eigenvalue weighted by atomic mass is 79.9. The van der Waals surface area contributed by atoms with E-state index in [1.807, 2.05) is 19.1 Å². The quantitative estimate of drug-likeness (QED) is 0.168. The molecule has 31 heavy (non-hydrogen) atoms. The molecular formula is C23H19BrN2O5. The normalized spacial score (nSPS) is 11.0. The van der Waals surface area contributed by atoms with Crippen molar-refractivity contribution in [1.82, 2.24) is 5.43 Å². The van der Waals surface area contributed by atoms with Crippen LogP contribution in [-0.2, 0) is 9.59 Å². The summed E-state index contributed by atoms with van der Waals surface area (Å²) in [5.41, 5.74) is 3.97. The first-order chi connectivity index (χ1) is 15.0. The fourth-order valence-electron chi connectivity index (χ4n) is 2.38. The highest BCUT2D eigenvalue weighted by Gasteiger charge is 2.08. The molecular weight excluding hydrogens is 464 g/mol. The standard InChI is InChI=1S/C23H19BrN2O5/c1-16-4-7-20(8-5-16)30-15-22(27)26-25-14-17-13-18(24)6-10-21(17)31-23(28)11-9-19-3-2-12-29-19/h2-14H,15H2,1H3,(H,26,27)/b11-9+,25-14-. The number of hydrogen-bond acceptors (Lipinski definition) is 6. The monoisotopic (exact) mass is 482 g/mol. The van der Waals surface area contributed by atoms with Gasteiger partial charge in [0.1, 0.15) is 17.3 Å². The van der Waals surface area contributed by atoms with Gasteiger partial charge in [0.25, 0.3) is 5.91 Å². The maximum atomic E-state index is 12.1. The zero-order valence-corrected chi connectivity index (χ0v) is 18.2. The van der Waals surface area contributed by atoms with E-state index in [0.29, 0.717) is 17.1 Å². The molecule has 3 rings (SSSR count). The van der Waals surface area contributed by atoms with Gasteiger partial charge in [0, 0.05) is 16.1 Å². The number of hydrogen-bond donors (Lipinski definition) is 1. The molecule has 0 bridgehead atoms. The predicted molar refractivity (Wildman–Crippen MR) is 120 cm³/mol. The molecule has 0 atom stereocenters. The molecule has 1 N–H and O–H groups in total. The highest BCUT2D eigenvalue weighted by Crippen LogP contribution is 2.22. The Hall–Kier alpha value is -3.65. The van der Waals surface area contributed by atoms with Crippen LogP contribution in [0, 0.1) is 6.92 Å². The van der Waals surface area contributed by atoms with Crippen LogP contribution in [0.3, 0.4) is 0 Å². The number of ether oxygens (including phenoxy) is 2. The molecule has 0 aliphatic heterocycles. The molecule has 3 aromatic rings. The zero-order chi connectivity index (χ0) is 22.1. The predicted octanol–water partition coefficient (Wildman–Crippen LogP) is 4.50. The molecule has 158 valence electrons. The number of rotatable bonds is 8. The maximum Gasteiger partial charge on any atom is 0.336 e. The van der Waals surface area contributed by atoms with Gasteiger partial charge in [-0.05, 0) is 55.5 Å². The molecule has 7 nitrogen and oxygen atoms in total. The summed E-state index contributed by atoms with van der Waals surface area (Å²) < 4.78 is 16.6. The van der Waals surface area contributed by atoms with Gasteiger partial charge in [-0.1, -0.05) is 33.6 Å². The van der Waals surface area contributed by atoms with Crippen LogP contribution in [-0.4, -0.2) is 24.7 Å². The molecule has 0 aliphatic carbocycles. The summed E-state index contributed by atoms with van der Waals surface area (Å²) in [6.07, 6.45) is 5.65. The minimum Gasteiger partial charge on any atom is -0.484 e. The van der Waals surface area contributed by atoms with E-state index in [2.05, 4.69) is 26.5 Å². The number of furan rings is 1. The topological polar surface area (TPSA) is 90.1 Å². The van der Waals surface area contributed by atoms with E-state index < -0.39 is 11.9 Å². The van der Waals surface area contributed by atoms with E-state index in [4.69, 9.17) is 13.9 Å².